The molecular weight excluding hydrogens is 330 g/mol. The lowest BCUT2D eigenvalue weighted by molar-refractivity contribution is 0.241. The molecule has 0 aliphatic heterocycles. The molecule has 0 saturated heterocycles. The Balaban J connectivity index is 2.71. The van der Waals surface area contributed by atoms with Crippen molar-refractivity contribution in [3.8, 4) is 5.95 Å². The zero-order chi connectivity index (χ0) is 15.7. The van der Waals surface area contributed by atoms with E-state index < -0.39 is 0 Å². The monoisotopic (exact) mass is 359 g/mol. The van der Waals surface area contributed by atoms with E-state index >= 15 is 0 Å². The molecule has 1 unspecified atom stereocenters. The second kappa shape index (κ2) is 9.50. The summed E-state index contributed by atoms with van der Waals surface area (Å²) in [4.78, 5) is 4.55. The van der Waals surface area contributed by atoms with E-state index in [-0.39, 0.29) is 5.41 Å². The minimum atomic E-state index is 0.0154. The molecule has 0 amide bonds. The van der Waals surface area contributed by atoms with Crippen LogP contribution in [0.4, 0.5) is 0 Å². The Hall–Kier alpha value is -0.510. The molecule has 21 heavy (non-hydrogen) atoms. The highest BCUT2D eigenvalue weighted by molar-refractivity contribution is 9.10. The maximum Gasteiger partial charge on any atom is 0.320 e. The zero-order valence-electron chi connectivity index (χ0n) is 14.0. The van der Waals surface area contributed by atoms with Gasteiger partial charge in [-0.05, 0) is 28.8 Å². The Morgan fingerprint density at radius 1 is 1.05 bits per heavy atom. The third-order valence-corrected chi connectivity index (χ3v) is 4.67. The molecule has 4 heteroatoms. The molecule has 0 aliphatic rings. The van der Waals surface area contributed by atoms with E-state index in [9.17, 15) is 0 Å². The normalized spacial score (nSPS) is 14.1. The van der Waals surface area contributed by atoms with Crippen molar-refractivity contribution in [2.24, 2.45) is 0 Å². The number of halogens is 1. The van der Waals surface area contributed by atoms with E-state index in [0.29, 0.717) is 10.5 Å². The van der Waals surface area contributed by atoms with Gasteiger partial charge in [0.25, 0.3) is 0 Å². The minimum absolute atomic E-state index is 0.0154. The summed E-state index contributed by atoms with van der Waals surface area (Å²) in [5.74, 6) is 1.30. The van der Waals surface area contributed by atoms with Crippen molar-refractivity contribution in [2.45, 2.75) is 84.0 Å². The van der Waals surface area contributed by atoms with Crippen molar-refractivity contribution >= 4 is 15.9 Å². The molecule has 1 atom stereocenters. The van der Waals surface area contributed by atoms with E-state index in [1.165, 1.54) is 44.9 Å². The van der Waals surface area contributed by atoms with Crippen molar-refractivity contribution < 1.29 is 9.15 Å². The zero-order valence-corrected chi connectivity index (χ0v) is 15.6. The van der Waals surface area contributed by atoms with E-state index in [1.54, 1.807) is 7.11 Å². The van der Waals surface area contributed by atoms with Crippen molar-refractivity contribution in [2.75, 3.05) is 7.11 Å². The molecule has 1 aromatic rings. The number of nitrogens with zero attached hydrogens (tertiary/aromatic N) is 1. The minimum Gasteiger partial charge on any atom is -0.466 e. The average Bonchev–Trinajstić information content (AvgIpc) is 2.86. The summed E-state index contributed by atoms with van der Waals surface area (Å²) in [7, 11) is 1.61. The van der Waals surface area contributed by atoms with Gasteiger partial charge in [0.1, 0.15) is 0 Å². The van der Waals surface area contributed by atoms with Gasteiger partial charge in [-0.2, -0.15) is 0 Å². The maximum absolute atomic E-state index is 5.82. The summed E-state index contributed by atoms with van der Waals surface area (Å²) in [6, 6.07) is 0. The average molecular weight is 360 g/mol. The second-order valence-corrected chi connectivity index (χ2v) is 6.88. The van der Waals surface area contributed by atoms with Gasteiger partial charge in [0.05, 0.1) is 7.11 Å². The molecule has 0 radical (unpaired) electrons. The smallest absolute Gasteiger partial charge is 0.320 e. The van der Waals surface area contributed by atoms with Crippen LogP contribution in [0.25, 0.3) is 0 Å². The molecule has 0 saturated carbocycles. The molecule has 1 rings (SSSR count). The van der Waals surface area contributed by atoms with Gasteiger partial charge in [-0.3, -0.25) is 0 Å². The van der Waals surface area contributed by atoms with Crippen LogP contribution in [0.2, 0.25) is 0 Å². The fraction of sp³-hybridized carbons (Fsp3) is 0.824. The quantitative estimate of drug-likeness (QED) is 0.437. The first-order chi connectivity index (χ1) is 10.1. The van der Waals surface area contributed by atoms with Crippen LogP contribution in [0.5, 0.6) is 5.95 Å². The lowest BCUT2D eigenvalue weighted by Crippen LogP contribution is -2.22. The number of hydrogen-bond donors (Lipinski definition) is 0. The maximum atomic E-state index is 5.82. The lowest BCUT2D eigenvalue weighted by Gasteiger charge is -2.26. The first-order valence-corrected chi connectivity index (χ1v) is 9.07. The van der Waals surface area contributed by atoms with Gasteiger partial charge < -0.3 is 9.15 Å². The van der Waals surface area contributed by atoms with Crippen LogP contribution < -0.4 is 4.74 Å². The van der Waals surface area contributed by atoms with Crippen LogP contribution in [-0.2, 0) is 5.41 Å². The molecule has 1 heterocycles. The van der Waals surface area contributed by atoms with Crippen LogP contribution in [0, 0.1) is 0 Å². The Kier molecular flexibility index (Phi) is 8.38. The summed E-state index contributed by atoms with van der Waals surface area (Å²) >= 11 is 3.41. The van der Waals surface area contributed by atoms with Crippen molar-refractivity contribution in [1.82, 2.24) is 4.98 Å². The van der Waals surface area contributed by atoms with Crippen LogP contribution >= 0.6 is 15.9 Å². The molecule has 0 N–H and O–H groups in total. The van der Waals surface area contributed by atoms with Crippen LogP contribution in [0.1, 0.15) is 84.4 Å². The van der Waals surface area contributed by atoms with Crippen LogP contribution in [-0.4, -0.2) is 12.1 Å². The van der Waals surface area contributed by atoms with Gasteiger partial charge in [0.2, 0.25) is 5.89 Å². The Labute approximate surface area is 138 Å². The molecular formula is C17H30BrNO2. The molecule has 3 nitrogen and oxygen atoms in total. The third-order valence-electron chi connectivity index (χ3n) is 4.17. The fourth-order valence-corrected chi connectivity index (χ4v) is 3.10. The van der Waals surface area contributed by atoms with Gasteiger partial charge in [-0.15, -0.1) is 0 Å². The number of aromatic nitrogens is 1. The predicted octanol–water partition coefficient (Wildman–Crippen LogP) is 6.25. The summed E-state index contributed by atoms with van der Waals surface area (Å²) in [6.45, 7) is 6.76. The number of ether oxygens (including phenoxy) is 1. The molecule has 0 aromatic carbocycles. The third kappa shape index (κ3) is 5.65. The van der Waals surface area contributed by atoms with E-state index in [0.717, 1.165) is 18.7 Å². The number of hydrogen-bond acceptors (Lipinski definition) is 3. The molecule has 122 valence electrons. The van der Waals surface area contributed by atoms with Gasteiger partial charge >= 0.3 is 5.95 Å². The van der Waals surface area contributed by atoms with Gasteiger partial charge in [0, 0.05) is 5.41 Å². The summed E-state index contributed by atoms with van der Waals surface area (Å²) in [5.41, 5.74) is 0.0154. The topological polar surface area (TPSA) is 35.3 Å². The molecule has 0 fully saturated rings. The largest absolute Gasteiger partial charge is 0.466 e. The standard InChI is InChI=1S/C17H30BrNO2/c1-5-7-9-10-11-13-17(3,12-8-6-2)16-19-14(18)15(20-4)21-16/h5-13H2,1-4H3. The van der Waals surface area contributed by atoms with Gasteiger partial charge in [-0.1, -0.05) is 65.7 Å². The summed E-state index contributed by atoms with van der Waals surface area (Å²) in [5, 5.41) is 0. The molecule has 0 spiro atoms. The fourth-order valence-electron chi connectivity index (χ4n) is 2.70. The number of unbranched alkanes of at least 4 members (excludes halogenated alkanes) is 5. The molecule has 0 bridgehead atoms. The van der Waals surface area contributed by atoms with E-state index in [2.05, 4.69) is 41.7 Å². The Morgan fingerprint density at radius 2 is 1.67 bits per heavy atom. The number of rotatable bonds is 11. The number of methoxy groups -OCH3 is 1. The first kappa shape index (κ1) is 18.5. The lowest BCUT2D eigenvalue weighted by atomic mass is 9.80. The van der Waals surface area contributed by atoms with Crippen molar-refractivity contribution in [1.29, 1.82) is 0 Å². The van der Waals surface area contributed by atoms with Crippen LogP contribution in [0.15, 0.2) is 9.02 Å². The van der Waals surface area contributed by atoms with Gasteiger partial charge in [-0.25, -0.2) is 4.98 Å². The number of oxazole rings is 1. The summed E-state index contributed by atoms with van der Waals surface area (Å²) in [6.07, 6.45) is 11.1. The van der Waals surface area contributed by atoms with Crippen LogP contribution in [0.3, 0.4) is 0 Å². The molecule has 1 aromatic heterocycles. The van der Waals surface area contributed by atoms with E-state index in [4.69, 9.17) is 9.15 Å². The highest BCUT2D eigenvalue weighted by atomic mass is 79.9. The SMILES string of the molecule is CCCCCCCC(C)(CCCC)c1nc(Br)c(OC)o1. The van der Waals surface area contributed by atoms with Crippen molar-refractivity contribution in [3.05, 3.63) is 10.5 Å². The van der Waals surface area contributed by atoms with Gasteiger partial charge in [0.15, 0.2) is 4.60 Å². The Bertz CT molecular complexity index is 405. The molecule has 0 aliphatic carbocycles. The highest BCUT2D eigenvalue weighted by Gasteiger charge is 2.32. The van der Waals surface area contributed by atoms with Crippen molar-refractivity contribution in [3.63, 3.8) is 0 Å². The van der Waals surface area contributed by atoms with E-state index in [1.807, 2.05) is 0 Å². The highest BCUT2D eigenvalue weighted by Crippen LogP contribution is 2.38. The second-order valence-electron chi connectivity index (χ2n) is 6.13. The first-order valence-electron chi connectivity index (χ1n) is 8.28. The summed E-state index contributed by atoms with van der Waals surface area (Å²) < 4.78 is 11.7. The predicted molar refractivity (Wildman–Crippen MR) is 91.0 cm³/mol. The Morgan fingerprint density at radius 3 is 2.24 bits per heavy atom.